The van der Waals surface area contributed by atoms with Crippen LogP contribution < -0.4 is 4.72 Å². The van der Waals surface area contributed by atoms with Gasteiger partial charge in [-0.2, -0.15) is 0 Å². The maximum absolute atomic E-state index is 12.3. The van der Waals surface area contributed by atoms with Crippen molar-refractivity contribution in [2.45, 2.75) is 24.5 Å². The molecule has 1 aromatic carbocycles. The number of benzene rings is 1. The Balaban J connectivity index is 1.43. The van der Waals surface area contributed by atoms with E-state index in [2.05, 4.69) is 14.7 Å². The summed E-state index contributed by atoms with van der Waals surface area (Å²) in [5, 5.41) is 2.48. The molecule has 0 saturated heterocycles. The van der Waals surface area contributed by atoms with Crippen LogP contribution in [0.25, 0.3) is 10.8 Å². The molecule has 0 fully saturated rings. The van der Waals surface area contributed by atoms with Gasteiger partial charge in [-0.15, -0.1) is 11.3 Å². The number of nitrogens with zero attached hydrogens (tertiary/aromatic N) is 2. The van der Waals surface area contributed by atoms with Gasteiger partial charge < -0.3 is 9.15 Å². The van der Waals surface area contributed by atoms with Gasteiger partial charge in [-0.1, -0.05) is 12.1 Å². The first-order chi connectivity index (χ1) is 13.4. The second kappa shape index (κ2) is 7.21. The van der Waals surface area contributed by atoms with Gasteiger partial charge in [0.1, 0.15) is 18.5 Å². The van der Waals surface area contributed by atoms with Crippen molar-refractivity contribution in [1.29, 1.82) is 0 Å². The Hall–Kier alpha value is -2.98. The molecule has 1 N–H and O–H groups in total. The van der Waals surface area contributed by atoms with Gasteiger partial charge >= 0.3 is 5.97 Å². The molecule has 1 aliphatic rings. The molecule has 1 aliphatic heterocycles. The van der Waals surface area contributed by atoms with E-state index in [1.165, 1.54) is 17.4 Å². The first-order valence-corrected chi connectivity index (χ1v) is 10.7. The van der Waals surface area contributed by atoms with E-state index in [1.54, 1.807) is 48.9 Å². The molecule has 0 spiro atoms. The van der Waals surface area contributed by atoms with Crippen LogP contribution in [0.3, 0.4) is 0 Å². The predicted octanol–water partition coefficient (Wildman–Crippen LogP) is 2.57. The summed E-state index contributed by atoms with van der Waals surface area (Å²) in [6, 6.07) is 9.14. The molecule has 2 aromatic heterocycles. The fraction of sp³-hybridized carbons (Fsp3) is 0.167. The van der Waals surface area contributed by atoms with E-state index >= 15 is 0 Å². The summed E-state index contributed by atoms with van der Waals surface area (Å²) in [4.78, 5) is 21.0. The van der Waals surface area contributed by atoms with Gasteiger partial charge in [-0.3, -0.25) is 9.71 Å². The second-order valence-electron chi connectivity index (χ2n) is 5.98. The second-order valence-corrected chi connectivity index (χ2v) is 8.49. The summed E-state index contributed by atoms with van der Waals surface area (Å²) in [5.41, 5.74) is 1.03. The molecule has 8 nitrogen and oxygen atoms in total. The van der Waals surface area contributed by atoms with Crippen molar-refractivity contribution in [3.8, 4) is 10.8 Å². The van der Waals surface area contributed by atoms with E-state index in [1.807, 2.05) is 0 Å². The number of aromatic nitrogens is 1. The monoisotopic (exact) mass is 417 g/mol. The molecule has 144 valence electrons. The summed E-state index contributed by atoms with van der Waals surface area (Å²) in [5.74, 6) is 0.201. The Kier molecular flexibility index (Phi) is 4.73. The Morgan fingerprint density at radius 3 is 2.93 bits per heavy atom. The highest BCUT2D eigenvalue weighted by Gasteiger charge is 2.31. The molecule has 1 atom stereocenters. The molecule has 0 saturated carbocycles. The Labute approximate surface area is 164 Å². The molecule has 0 amide bonds. The molecule has 10 heteroatoms. The average molecular weight is 417 g/mol. The van der Waals surface area contributed by atoms with Gasteiger partial charge in [0.25, 0.3) is 10.0 Å². The highest BCUT2D eigenvalue weighted by Crippen LogP contribution is 2.25. The van der Waals surface area contributed by atoms with Crippen molar-refractivity contribution >= 4 is 33.2 Å². The van der Waals surface area contributed by atoms with E-state index in [9.17, 15) is 13.2 Å². The van der Waals surface area contributed by atoms with Gasteiger partial charge in [0.05, 0.1) is 16.9 Å². The largest absolute Gasteiger partial charge is 0.462 e. The van der Waals surface area contributed by atoms with Gasteiger partial charge in [0.15, 0.2) is 10.8 Å². The summed E-state index contributed by atoms with van der Waals surface area (Å²) in [6.45, 7) is 1.54. The lowest BCUT2D eigenvalue weighted by atomic mass is 10.2. The number of carbonyl (C=O) groups is 1. The number of furan rings is 1. The summed E-state index contributed by atoms with van der Waals surface area (Å²) >= 11 is 1.39. The smallest absolute Gasteiger partial charge is 0.331 e. The van der Waals surface area contributed by atoms with E-state index in [0.29, 0.717) is 22.0 Å². The number of rotatable bonds is 5. The topological polar surface area (TPSA) is 111 Å². The Bertz CT molecular complexity index is 1150. The minimum atomic E-state index is -3.65. The van der Waals surface area contributed by atoms with E-state index < -0.39 is 22.0 Å². The quantitative estimate of drug-likeness (QED) is 0.639. The zero-order chi connectivity index (χ0) is 19.7. The van der Waals surface area contributed by atoms with Crippen molar-refractivity contribution in [2.75, 3.05) is 0 Å². The highest BCUT2D eigenvalue weighted by molar-refractivity contribution is 7.90. The third-order valence-electron chi connectivity index (χ3n) is 3.97. The van der Waals surface area contributed by atoms with Crippen LogP contribution in [-0.2, 0) is 26.2 Å². The number of nitrogens with one attached hydrogen (secondary N) is 1. The highest BCUT2D eigenvalue weighted by atomic mass is 32.2. The molecule has 0 aliphatic carbocycles. The minimum Gasteiger partial charge on any atom is -0.462 e. The number of hydrogen-bond donors (Lipinski definition) is 1. The number of ether oxygens (including phenoxy) is 1. The van der Waals surface area contributed by atoms with Crippen LogP contribution in [0.4, 0.5) is 0 Å². The van der Waals surface area contributed by atoms with Gasteiger partial charge in [-0.05, 0) is 31.2 Å². The van der Waals surface area contributed by atoms with E-state index in [-0.39, 0.29) is 17.3 Å². The SMILES string of the molecule is C[C@H](N=C1NS(=O)(=O)c2ccccc21)C(=O)OCc1csc(-c2ccco2)n1. The molecule has 0 unspecified atom stereocenters. The van der Waals surface area contributed by atoms with Crippen molar-refractivity contribution in [2.24, 2.45) is 4.99 Å². The van der Waals surface area contributed by atoms with Crippen LogP contribution in [0, 0.1) is 0 Å². The predicted molar refractivity (Wildman–Crippen MR) is 102 cm³/mol. The molecular weight excluding hydrogens is 402 g/mol. The first-order valence-electron chi connectivity index (χ1n) is 8.29. The summed E-state index contributed by atoms with van der Waals surface area (Å²) < 4.78 is 37.1. The number of thiazole rings is 1. The lowest BCUT2D eigenvalue weighted by Crippen LogP contribution is -2.26. The number of amidine groups is 1. The van der Waals surface area contributed by atoms with Crippen LogP contribution in [0.5, 0.6) is 0 Å². The number of hydrogen-bond acceptors (Lipinski definition) is 8. The zero-order valence-corrected chi connectivity index (χ0v) is 16.3. The van der Waals surface area contributed by atoms with Crippen molar-refractivity contribution < 1.29 is 22.4 Å². The summed E-state index contributed by atoms with van der Waals surface area (Å²) in [6.07, 6.45) is 1.56. The van der Waals surface area contributed by atoms with Gasteiger partial charge in [0, 0.05) is 10.9 Å². The maximum atomic E-state index is 12.3. The fourth-order valence-corrected chi connectivity index (χ4v) is 4.64. The zero-order valence-electron chi connectivity index (χ0n) is 14.7. The van der Waals surface area contributed by atoms with Gasteiger partial charge in [-0.25, -0.2) is 18.2 Å². The standard InChI is InChI=1S/C18H15N3O5S2/c1-11(19-16-13-5-2-3-7-15(13)28(23,24)21-16)18(22)26-9-12-10-27-17(20-12)14-6-4-8-25-14/h2-8,10-11H,9H2,1H3,(H,19,21)/t11-/m0/s1. The number of carbonyl (C=O) groups excluding carboxylic acids is 1. The number of esters is 1. The van der Waals surface area contributed by atoms with E-state index in [4.69, 9.17) is 9.15 Å². The van der Waals surface area contributed by atoms with Crippen LogP contribution in [0.1, 0.15) is 18.2 Å². The van der Waals surface area contributed by atoms with Crippen molar-refractivity contribution in [3.05, 3.63) is 59.3 Å². The molecule has 4 rings (SSSR count). The van der Waals surface area contributed by atoms with E-state index in [0.717, 1.165) is 0 Å². The molecule has 0 radical (unpaired) electrons. The molecule has 28 heavy (non-hydrogen) atoms. The van der Waals surface area contributed by atoms with Crippen molar-refractivity contribution in [3.63, 3.8) is 0 Å². The fourth-order valence-electron chi connectivity index (χ4n) is 2.63. The third kappa shape index (κ3) is 3.56. The lowest BCUT2D eigenvalue weighted by molar-refractivity contribution is -0.146. The lowest BCUT2D eigenvalue weighted by Gasteiger charge is -2.08. The average Bonchev–Trinajstić information content (AvgIpc) is 3.40. The number of sulfonamides is 1. The number of fused-ring (bicyclic) bond motifs is 1. The molecule has 0 bridgehead atoms. The maximum Gasteiger partial charge on any atom is 0.331 e. The molecular formula is C18H15N3O5S2. The van der Waals surface area contributed by atoms with Crippen LogP contribution >= 0.6 is 11.3 Å². The molecule has 3 heterocycles. The first kappa shape index (κ1) is 18.4. The van der Waals surface area contributed by atoms with Crippen molar-refractivity contribution in [1.82, 2.24) is 9.71 Å². The summed E-state index contributed by atoms with van der Waals surface area (Å²) in [7, 11) is -3.65. The Morgan fingerprint density at radius 2 is 2.14 bits per heavy atom. The molecule has 3 aromatic rings. The normalized spacial score (nSPS) is 17.1. The van der Waals surface area contributed by atoms with Crippen LogP contribution in [-0.4, -0.2) is 31.2 Å². The number of aliphatic imine (C=N–C) groups is 1. The minimum absolute atomic E-state index is 0.00640. The van der Waals surface area contributed by atoms with Crippen LogP contribution in [0.2, 0.25) is 0 Å². The Morgan fingerprint density at radius 1 is 1.32 bits per heavy atom. The third-order valence-corrected chi connectivity index (χ3v) is 6.28. The van der Waals surface area contributed by atoms with Crippen LogP contribution in [0.15, 0.2) is 62.3 Å². The van der Waals surface area contributed by atoms with Gasteiger partial charge in [0.2, 0.25) is 0 Å².